The number of hydrogen-bond donors (Lipinski definition) is 1. The summed E-state index contributed by atoms with van der Waals surface area (Å²) in [7, 11) is 0. The fourth-order valence-corrected chi connectivity index (χ4v) is 3.28. The SMILES string of the molecule is CCCOc1ccc(C(=O)NCc2ccnc(N3CCCC3)c2)cc1OCCC. The highest BCUT2D eigenvalue weighted by molar-refractivity contribution is 5.94. The van der Waals surface area contributed by atoms with E-state index in [1.165, 1.54) is 12.8 Å². The molecule has 6 nitrogen and oxygen atoms in total. The van der Waals surface area contributed by atoms with Crippen molar-refractivity contribution >= 4 is 11.7 Å². The van der Waals surface area contributed by atoms with Crippen molar-refractivity contribution < 1.29 is 14.3 Å². The van der Waals surface area contributed by atoms with E-state index in [2.05, 4.69) is 28.2 Å². The van der Waals surface area contributed by atoms with E-state index < -0.39 is 0 Å². The van der Waals surface area contributed by atoms with E-state index in [0.29, 0.717) is 36.8 Å². The van der Waals surface area contributed by atoms with E-state index in [1.807, 2.05) is 25.3 Å². The Labute approximate surface area is 173 Å². The lowest BCUT2D eigenvalue weighted by Crippen LogP contribution is -2.23. The van der Waals surface area contributed by atoms with Gasteiger partial charge in [-0.15, -0.1) is 0 Å². The highest BCUT2D eigenvalue weighted by atomic mass is 16.5. The second-order valence-electron chi connectivity index (χ2n) is 7.26. The molecule has 0 unspecified atom stereocenters. The third kappa shape index (κ3) is 5.86. The van der Waals surface area contributed by atoms with Crippen LogP contribution in [0.4, 0.5) is 5.82 Å². The van der Waals surface area contributed by atoms with Gasteiger partial charge < -0.3 is 19.7 Å². The first kappa shape index (κ1) is 21.0. The topological polar surface area (TPSA) is 63.7 Å². The van der Waals surface area contributed by atoms with Crippen molar-refractivity contribution in [3.63, 3.8) is 0 Å². The third-order valence-corrected chi connectivity index (χ3v) is 4.82. The van der Waals surface area contributed by atoms with E-state index in [9.17, 15) is 4.79 Å². The number of nitrogens with one attached hydrogen (secondary N) is 1. The molecular weight excluding hydrogens is 366 g/mol. The number of pyridine rings is 1. The minimum atomic E-state index is -0.132. The van der Waals surface area contributed by atoms with Crippen molar-refractivity contribution in [3.05, 3.63) is 47.7 Å². The van der Waals surface area contributed by atoms with Crippen molar-refractivity contribution in [3.8, 4) is 11.5 Å². The number of carbonyl (C=O) groups is 1. The molecule has 1 aliphatic heterocycles. The first-order valence-corrected chi connectivity index (χ1v) is 10.6. The van der Waals surface area contributed by atoms with Gasteiger partial charge in [0.25, 0.3) is 5.91 Å². The van der Waals surface area contributed by atoms with Crippen LogP contribution >= 0.6 is 0 Å². The first-order chi connectivity index (χ1) is 14.2. The van der Waals surface area contributed by atoms with Gasteiger partial charge in [-0.25, -0.2) is 4.98 Å². The smallest absolute Gasteiger partial charge is 0.251 e. The summed E-state index contributed by atoms with van der Waals surface area (Å²) in [6.45, 7) is 7.88. The van der Waals surface area contributed by atoms with Crippen LogP contribution in [0.25, 0.3) is 0 Å². The summed E-state index contributed by atoms with van der Waals surface area (Å²) < 4.78 is 11.5. The predicted octanol–water partition coefficient (Wildman–Crippen LogP) is 4.19. The van der Waals surface area contributed by atoms with Crippen LogP contribution in [0.5, 0.6) is 11.5 Å². The summed E-state index contributed by atoms with van der Waals surface area (Å²) in [6.07, 6.45) is 6.05. The van der Waals surface area contributed by atoms with Crippen LogP contribution in [-0.4, -0.2) is 37.2 Å². The zero-order valence-electron chi connectivity index (χ0n) is 17.4. The quantitative estimate of drug-likeness (QED) is 0.651. The lowest BCUT2D eigenvalue weighted by atomic mass is 10.1. The molecule has 0 spiro atoms. The van der Waals surface area contributed by atoms with E-state index in [0.717, 1.165) is 37.3 Å². The van der Waals surface area contributed by atoms with Crippen molar-refractivity contribution in [2.75, 3.05) is 31.2 Å². The molecule has 2 heterocycles. The Morgan fingerprint density at radius 2 is 1.76 bits per heavy atom. The Bertz CT molecular complexity index is 804. The second-order valence-corrected chi connectivity index (χ2v) is 7.26. The molecular formula is C23H31N3O3. The predicted molar refractivity (Wildman–Crippen MR) is 115 cm³/mol. The number of anilines is 1. The molecule has 0 atom stereocenters. The molecule has 1 amide bonds. The van der Waals surface area contributed by atoms with Gasteiger partial charge in [-0.3, -0.25) is 4.79 Å². The fourth-order valence-electron chi connectivity index (χ4n) is 3.28. The van der Waals surface area contributed by atoms with Crippen LogP contribution in [0.2, 0.25) is 0 Å². The van der Waals surface area contributed by atoms with Crippen molar-refractivity contribution in [1.82, 2.24) is 10.3 Å². The van der Waals surface area contributed by atoms with Crippen molar-refractivity contribution in [1.29, 1.82) is 0 Å². The zero-order chi connectivity index (χ0) is 20.5. The number of amides is 1. The molecule has 1 N–H and O–H groups in total. The first-order valence-electron chi connectivity index (χ1n) is 10.6. The van der Waals surface area contributed by atoms with Gasteiger partial charge in [0.05, 0.1) is 13.2 Å². The Hall–Kier alpha value is -2.76. The Kier molecular flexibility index (Phi) is 7.73. The average molecular weight is 398 g/mol. The third-order valence-electron chi connectivity index (χ3n) is 4.82. The van der Waals surface area contributed by atoms with Gasteiger partial charge in [0.1, 0.15) is 5.82 Å². The Balaban J connectivity index is 1.64. The maximum absolute atomic E-state index is 12.7. The normalized spacial score (nSPS) is 13.4. The molecule has 0 radical (unpaired) electrons. The number of ether oxygens (including phenoxy) is 2. The minimum absolute atomic E-state index is 0.132. The summed E-state index contributed by atoms with van der Waals surface area (Å²) in [4.78, 5) is 19.4. The van der Waals surface area contributed by atoms with Gasteiger partial charge in [-0.1, -0.05) is 13.8 Å². The van der Waals surface area contributed by atoms with Crippen molar-refractivity contribution in [2.24, 2.45) is 0 Å². The highest BCUT2D eigenvalue weighted by Crippen LogP contribution is 2.29. The van der Waals surface area contributed by atoms with Crippen molar-refractivity contribution in [2.45, 2.75) is 46.1 Å². The molecule has 6 heteroatoms. The summed E-state index contributed by atoms with van der Waals surface area (Å²) >= 11 is 0. The zero-order valence-corrected chi connectivity index (χ0v) is 17.4. The Morgan fingerprint density at radius 1 is 1.03 bits per heavy atom. The molecule has 1 saturated heterocycles. The fraction of sp³-hybridized carbons (Fsp3) is 0.478. The summed E-state index contributed by atoms with van der Waals surface area (Å²) in [5.41, 5.74) is 1.61. The number of hydrogen-bond acceptors (Lipinski definition) is 5. The average Bonchev–Trinajstić information content (AvgIpc) is 3.30. The molecule has 1 aromatic carbocycles. The monoisotopic (exact) mass is 397 g/mol. The second kappa shape index (κ2) is 10.7. The molecule has 29 heavy (non-hydrogen) atoms. The molecule has 1 aromatic heterocycles. The largest absolute Gasteiger partial charge is 0.490 e. The van der Waals surface area contributed by atoms with Gasteiger partial charge in [-0.2, -0.15) is 0 Å². The van der Waals surface area contributed by atoms with Crippen LogP contribution in [0.1, 0.15) is 55.5 Å². The van der Waals surface area contributed by atoms with Crippen LogP contribution < -0.4 is 19.7 Å². The van der Waals surface area contributed by atoms with E-state index >= 15 is 0 Å². The van der Waals surface area contributed by atoms with Gasteiger partial charge >= 0.3 is 0 Å². The summed E-state index contributed by atoms with van der Waals surface area (Å²) in [5, 5.41) is 3.00. The number of nitrogens with zero attached hydrogens (tertiary/aromatic N) is 2. The molecule has 0 aliphatic carbocycles. The van der Waals surface area contributed by atoms with Crippen LogP contribution in [-0.2, 0) is 6.54 Å². The molecule has 3 rings (SSSR count). The maximum atomic E-state index is 12.7. The van der Waals surface area contributed by atoms with Gasteiger partial charge in [0, 0.05) is 31.4 Å². The molecule has 2 aromatic rings. The molecule has 156 valence electrons. The lowest BCUT2D eigenvalue weighted by Gasteiger charge is -2.17. The van der Waals surface area contributed by atoms with Gasteiger partial charge in [-0.05, 0) is 61.6 Å². The number of aromatic nitrogens is 1. The highest BCUT2D eigenvalue weighted by Gasteiger charge is 2.15. The summed E-state index contributed by atoms with van der Waals surface area (Å²) in [6, 6.07) is 9.35. The summed E-state index contributed by atoms with van der Waals surface area (Å²) in [5.74, 6) is 2.16. The molecule has 1 aliphatic rings. The van der Waals surface area contributed by atoms with E-state index in [1.54, 1.807) is 12.1 Å². The van der Waals surface area contributed by atoms with Crippen LogP contribution in [0.15, 0.2) is 36.5 Å². The standard InChI is InChI=1S/C23H31N3O3/c1-3-13-28-20-8-7-19(16-21(20)29-14-4-2)23(27)25-17-18-9-10-24-22(15-18)26-11-5-6-12-26/h7-10,15-16H,3-6,11-14,17H2,1-2H3,(H,25,27). The lowest BCUT2D eigenvalue weighted by molar-refractivity contribution is 0.0950. The van der Waals surface area contributed by atoms with E-state index in [-0.39, 0.29) is 5.91 Å². The molecule has 0 saturated carbocycles. The van der Waals surface area contributed by atoms with Gasteiger partial charge in [0.2, 0.25) is 0 Å². The number of rotatable bonds is 10. The number of carbonyl (C=O) groups excluding carboxylic acids is 1. The Morgan fingerprint density at radius 3 is 2.48 bits per heavy atom. The van der Waals surface area contributed by atoms with Gasteiger partial charge in [0.15, 0.2) is 11.5 Å². The molecule has 1 fully saturated rings. The van der Waals surface area contributed by atoms with E-state index in [4.69, 9.17) is 9.47 Å². The van der Waals surface area contributed by atoms with Crippen LogP contribution in [0.3, 0.4) is 0 Å². The maximum Gasteiger partial charge on any atom is 0.251 e. The van der Waals surface area contributed by atoms with Crippen LogP contribution in [0, 0.1) is 0 Å². The molecule has 0 bridgehead atoms. The minimum Gasteiger partial charge on any atom is -0.490 e. The number of benzene rings is 1.